The highest BCUT2D eigenvalue weighted by molar-refractivity contribution is 7.89. The van der Waals surface area contributed by atoms with Crippen LogP contribution in [0.1, 0.15) is 29.5 Å². The second-order valence-electron chi connectivity index (χ2n) is 5.56. The monoisotopic (exact) mass is 364 g/mol. The van der Waals surface area contributed by atoms with Crippen LogP contribution in [0, 0.1) is 0 Å². The fraction of sp³-hybridized carbons (Fsp3) is 0.294. The van der Waals surface area contributed by atoms with Crippen LogP contribution < -0.4 is 4.72 Å². The van der Waals surface area contributed by atoms with Gasteiger partial charge in [0.05, 0.1) is 17.7 Å². The van der Waals surface area contributed by atoms with Crippen LogP contribution in [0.4, 0.5) is 0 Å². The number of Topliss-reactive ketones (excluding diaryl/α,β-unsaturated/α-hetero) is 1. The number of nitrogens with zero attached hydrogens (tertiary/aromatic N) is 1. The van der Waals surface area contributed by atoms with E-state index in [-0.39, 0.29) is 29.6 Å². The zero-order valence-electron chi connectivity index (χ0n) is 14.1. The highest BCUT2D eigenvalue weighted by Crippen LogP contribution is 2.12. The van der Waals surface area contributed by atoms with Gasteiger partial charge in [-0.15, -0.1) is 0 Å². The quantitative estimate of drug-likeness (QED) is 0.721. The molecule has 0 fully saturated rings. The SMILES string of the molecule is CC(=O)c1cccc(S(=O)(=O)NCCC(=O)N(C)Cc2ccco2)c1. The van der Waals surface area contributed by atoms with Crippen LogP contribution in [0.5, 0.6) is 0 Å². The van der Waals surface area contributed by atoms with Crippen molar-refractivity contribution in [1.82, 2.24) is 9.62 Å². The Morgan fingerprint density at radius 2 is 1.96 bits per heavy atom. The number of amides is 1. The molecule has 1 amide bonds. The molecule has 1 N–H and O–H groups in total. The predicted octanol–water partition coefficient (Wildman–Crippen LogP) is 1.81. The smallest absolute Gasteiger partial charge is 0.240 e. The van der Waals surface area contributed by atoms with Crippen LogP contribution in [0.3, 0.4) is 0 Å². The molecular weight excluding hydrogens is 344 g/mol. The van der Waals surface area contributed by atoms with Gasteiger partial charge in [-0.3, -0.25) is 9.59 Å². The predicted molar refractivity (Wildman–Crippen MR) is 91.4 cm³/mol. The van der Waals surface area contributed by atoms with Crippen LogP contribution in [0.2, 0.25) is 0 Å². The van der Waals surface area contributed by atoms with Gasteiger partial charge in [0.1, 0.15) is 5.76 Å². The van der Waals surface area contributed by atoms with E-state index in [0.717, 1.165) is 0 Å². The summed E-state index contributed by atoms with van der Waals surface area (Å²) in [5.41, 5.74) is 0.317. The van der Waals surface area contributed by atoms with Gasteiger partial charge in [0.25, 0.3) is 0 Å². The summed E-state index contributed by atoms with van der Waals surface area (Å²) < 4.78 is 32.0. The average Bonchev–Trinajstić information content (AvgIpc) is 3.07. The summed E-state index contributed by atoms with van der Waals surface area (Å²) in [6.45, 7) is 1.65. The number of rotatable bonds is 8. The zero-order chi connectivity index (χ0) is 18.4. The number of benzene rings is 1. The highest BCUT2D eigenvalue weighted by Gasteiger charge is 2.17. The van der Waals surface area contributed by atoms with E-state index in [1.165, 1.54) is 36.3 Å². The maximum absolute atomic E-state index is 12.3. The van der Waals surface area contributed by atoms with E-state index in [1.54, 1.807) is 25.2 Å². The minimum Gasteiger partial charge on any atom is -0.467 e. The van der Waals surface area contributed by atoms with Gasteiger partial charge in [-0.1, -0.05) is 12.1 Å². The molecule has 0 aliphatic carbocycles. The molecule has 7 nitrogen and oxygen atoms in total. The summed E-state index contributed by atoms with van der Waals surface area (Å²) in [7, 11) is -2.16. The van der Waals surface area contributed by atoms with Crippen LogP contribution in [0.25, 0.3) is 0 Å². The highest BCUT2D eigenvalue weighted by atomic mass is 32.2. The fourth-order valence-corrected chi connectivity index (χ4v) is 3.25. The van der Waals surface area contributed by atoms with E-state index >= 15 is 0 Å². The minimum atomic E-state index is -3.78. The molecule has 0 unspecified atom stereocenters. The van der Waals surface area contributed by atoms with Gasteiger partial charge in [-0.25, -0.2) is 13.1 Å². The number of nitrogens with one attached hydrogen (secondary N) is 1. The molecule has 0 aliphatic heterocycles. The van der Waals surface area contributed by atoms with Crippen molar-refractivity contribution in [1.29, 1.82) is 0 Å². The molecule has 1 aromatic carbocycles. The summed E-state index contributed by atoms with van der Waals surface area (Å²) in [6.07, 6.45) is 1.54. The largest absolute Gasteiger partial charge is 0.467 e. The number of hydrogen-bond acceptors (Lipinski definition) is 5. The number of sulfonamides is 1. The number of hydrogen-bond donors (Lipinski definition) is 1. The summed E-state index contributed by atoms with van der Waals surface area (Å²) in [5.74, 6) is 0.223. The second-order valence-corrected chi connectivity index (χ2v) is 7.33. The summed E-state index contributed by atoms with van der Waals surface area (Å²) >= 11 is 0. The molecule has 1 aromatic heterocycles. The zero-order valence-corrected chi connectivity index (χ0v) is 14.9. The van der Waals surface area contributed by atoms with Crippen molar-refractivity contribution >= 4 is 21.7 Å². The molecule has 0 saturated heterocycles. The Morgan fingerprint density at radius 3 is 2.60 bits per heavy atom. The van der Waals surface area contributed by atoms with Gasteiger partial charge in [0.2, 0.25) is 15.9 Å². The van der Waals surface area contributed by atoms with E-state index in [1.807, 2.05) is 0 Å². The molecular formula is C17H20N2O5S. The topological polar surface area (TPSA) is 96.7 Å². The Kier molecular flexibility index (Phi) is 6.11. The number of ketones is 1. The van der Waals surface area contributed by atoms with Crippen LogP contribution in [-0.4, -0.2) is 38.6 Å². The number of carbonyl (C=O) groups excluding carboxylic acids is 2. The van der Waals surface area contributed by atoms with Crippen LogP contribution in [0.15, 0.2) is 52.0 Å². The maximum atomic E-state index is 12.3. The van der Waals surface area contributed by atoms with E-state index < -0.39 is 10.0 Å². The van der Waals surface area contributed by atoms with Gasteiger partial charge in [0.15, 0.2) is 5.78 Å². The lowest BCUT2D eigenvalue weighted by atomic mass is 10.2. The Bertz CT molecular complexity index is 844. The maximum Gasteiger partial charge on any atom is 0.240 e. The third kappa shape index (κ3) is 5.27. The molecule has 0 aliphatic rings. The van der Waals surface area contributed by atoms with Crippen molar-refractivity contribution < 1.29 is 22.4 Å². The van der Waals surface area contributed by atoms with Gasteiger partial charge in [-0.05, 0) is 31.2 Å². The standard InChI is InChI=1S/C17H20N2O5S/c1-13(20)14-5-3-7-16(11-14)25(22,23)18-9-8-17(21)19(2)12-15-6-4-10-24-15/h3-7,10-11,18H,8-9,12H2,1-2H3. The first-order valence-corrected chi connectivity index (χ1v) is 9.15. The molecule has 0 radical (unpaired) electrons. The van der Waals surface area contributed by atoms with Gasteiger partial charge >= 0.3 is 0 Å². The Hall–Kier alpha value is -2.45. The lowest BCUT2D eigenvalue weighted by Gasteiger charge is -2.16. The Balaban J connectivity index is 1.90. The van der Waals surface area contributed by atoms with Crippen molar-refractivity contribution in [2.24, 2.45) is 0 Å². The lowest BCUT2D eigenvalue weighted by Crippen LogP contribution is -2.31. The van der Waals surface area contributed by atoms with E-state index in [4.69, 9.17) is 4.42 Å². The number of carbonyl (C=O) groups is 2. The Labute approximate surface area is 146 Å². The molecule has 2 rings (SSSR count). The third-order valence-corrected chi connectivity index (χ3v) is 5.04. The van der Waals surface area contributed by atoms with Gasteiger partial charge in [0, 0.05) is 25.6 Å². The molecule has 8 heteroatoms. The molecule has 0 atom stereocenters. The molecule has 2 aromatic rings. The van der Waals surface area contributed by atoms with Crippen molar-refractivity contribution in [2.75, 3.05) is 13.6 Å². The Morgan fingerprint density at radius 1 is 1.20 bits per heavy atom. The van der Waals surface area contributed by atoms with Crippen molar-refractivity contribution in [3.05, 3.63) is 54.0 Å². The van der Waals surface area contributed by atoms with Gasteiger partial charge < -0.3 is 9.32 Å². The van der Waals surface area contributed by atoms with Crippen molar-refractivity contribution in [3.8, 4) is 0 Å². The summed E-state index contributed by atoms with van der Waals surface area (Å²) in [6, 6.07) is 9.27. The first-order valence-electron chi connectivity index (χ1n) is 7.66. The van der Waals surface area contributed by atoms with Crippen molar-refractivity contribution in [2.45, 2.75) is 24.8 Å². The molecule has 0 bridgehead atoms. The molecule has 0 saturated carbocycles. The number of furan rings is 1. The molecule has 1 heterocycles. The summed E-state index contributed by atoms with van der Waals surface area (Å²) in [4.78, 5) is 24.9. The first kappa shape index (κ1) is 18.9. The van der Waals surface area contributed by atoms with Crippen LogP contribution >= 0.6 is 0 Å². The second kappa shape index (κ2) is 8.09. The van der Waals surface area contributed by atoms with E-state index in [0.29, 0.717) is 17.9 Å². The lowest BCUT2D eigenvalue weighted by molar-refractivity contribution is -0.130. The molecule has 25 heavy (non-hydrogen) atoms. The van der Waals surface area contributed by atoms with Gasteiger partial charge in [-0.2, -0.15) is 0 Å². The molecule has 134 valence electrons. The minimum absolute atomic E-state index is 0.00316. The third-order valence-electron chi connectivity index (χ3n) is 3.58. The molecule has 0 spiro atoms. The summed E-state index contributed by atoms with van der Waals surface area (Å²) in [5, 5.41) is 0. The van der Waals surface area contributed by atoms with E-state index in [2.05, 4.69) is 4.72 Å². The normalized spacial score (nSPS) is 11.3. The van der Waals surface area contributed by atoms with Crippen molar-refractivity contribution in [3.63, 3.8) is 0 Å². The fourth-order valence-electron chi connectivity index (χ4n) is 2.17. The first-order chi connectivity index (χ1) is 11.8. The average molecular weight is 364 g/mol. The van der Waals surface area contributed by atoms with Crippen LogP contribution in [-0.2, 0) is 21.4 Å². The van der Waals surface area contributed by atoms with E-state index in [9.17, 15) is 18.0 Å².